The van der Waals surface area contributed by atoms with Gasteiger partial charge >= 0.3 is 0 Å². The number of hydrazine groups is 1. The molecule has 6 nitrogen and oxygen atoms in total. The number of nitrogen functional groups attached to an aromatic ring is 1. The van der Waals surface area contributed by atoms with Crippen LogP contribution >= 0.6 is 0 Å². The molecule has 0 saturated heterocycles. The molecule has 21 heavy (non-hydrogen) atoms. The second-order valence-electron chi connectivity index (χ2n) is 4.09. The van der Waals surface area contributed by atoms with Crippen LogP contribution in [-0.2, 0) is 10.0 Å². The molecule has 2 aromatic rings. The highest BCUT2D eigenvalue weighted by Crippen LogP contribution is 2.19. The van der Waals surface area contributed by atoms with Gasteiger partial charge in [0, 0.05) is 5.56 Å². The average Bonchev–Trinajstić information content (AvgIpc) is 2.49. The summed E-state index contributed by atoms with van der Waals surface area (Å²) >= 11 is 0. The number of carbonyl (C=O) groups is 1. The molecule has 8 heteroatoms. The predicted molar refractivity (Wildman–Crippen MR) is 75.3 cm³/mol. The van der Waals surface area contributed by atoms with Crippen LogP contribution in [0.15, 0.2) is 53.4 Å². The van der Waals surface area contributed by atoms with Gasteiger partial charge in [-0.25, -0.2) is 18.7 Å². The van der Waals surface area contributed by atoms with E-state index in [1.165, 1.54) is 36.4 Å². The Morgan fingerprint density at radius 2 is 1.81 bits per heavy atom. The Morgan fingerprint density at radius 3 is 2.48 bits per heavy atom. The quantitative estimate of drug-likeness (QED) is 0.449. The molecule has 0 saturated carbocycles. The van der Waals surface area contributed by atoms with E-state index in [0.717, 1.165) is 12.1 Å². The number of benzene rings is 2. The highest BCUT2D eigenvalue weighted by Gasteiger charge is 2.17. The molecule has 0 heterocycles. The first-order valence-corrected chi connectivity index (χ1v) is 7.31. The third kappa shape index (κ3) is 3.36. The number of hydrogen-bond donors (Lipinski definition) is 3. The molecule has 0 fully saturated rings. The summed E-state index contributed by atoms with van der Waals surface area (Å²) in [5.41, 5.74) is 1.81. The molecule has 0 unspecified atom stereocenters. The highest BCUT2D eigenvalue weighted by atomic mass is 32.2. The van der Waals surface area contributed by atoms with Gasteiger partial charge in [-0.2, -0.15) is 0 Å². The van der Waals surface area contributed by atoms with Crippen molar-refractivity contribution in [2.75, 3.05) is 4.72 Å². The second-order valence-corrected chi connectivity index (χ2v) is 5.77. The Labute approximate surface area is 120 Å². The van der Waals surface area contributed by atoms with Crippen LogP contribution in [0.4, 0.5) is 10.1 Å². The lowest BCUT2D eigenvalue weighted by Gasteiger charge is -2.09. The molecule has 0 spiro atoms. The summed E-state index contributed by atoms with van der Waals surface area (Å²) in [7, 11) is -4.01. The number of para-hydroxylation sites is 1. The minimum Gasteiger partial charge on any atom is -0.290 e. The molecule has 1 amide bonds. The molecule has 2 rings (SSSR count). The molecule has 0 atom stereocenters. The van der Waals surface area contributed by atoms with Crippen LogP contribution in [0.3, 0.4) is 0 Å². The first-order valence-electron chi connectivity index (χ1n) is 5.82. The highest BCUT2D eigenvalue weighted by molar-refractivity contribution is 7.92. The van der Waals surface area contributed by atoms with Crippen molar-refractivity contribution in [1.29, 1.82) is 0 Å². The zero-order valence-corrected chi connectivity index (χ0v) is 11.5. The lowest BCUT2D eigenvalue weighted by atomic mass is 10.2. The number of carbonyl (C=O) groups excluding carboxylic acids is 1. The average molecular weight is 309 g/mol. The molecule has 0 aromatic heterocycles. The van der Waals surface area contributed by atoms with Crippen molar-refractivity contribution in [3.05, 3.63) is 59.9 Å². The normalized spacial score (nSPS) is 11.0. The minimum absolute atomic E-state index is 0.0777. The summed E-state index contributed by atoms with van der Waals surface area (Å²) in [6, 6.07) is 10.6. The Morgan fingerprint density at radius 1 is 1.10 bits per heavy atom. The molecule has 2 aromatic carbocycles. The lowest BCUT2D eigenvalue weighted by Crippen LogP contribution is -2.30. The van der Waals surface area contributed by atoms with Crippen molar-refractivity contribution < 1.29 is 17.6 Å². The number of anilines is 1. The molecule has 0 aliphatic carbocycles. The molecule has 0 aliphatic rings. The Kier molecular flexibility index (Phi) is 4.20. The number of nitrogens with two attached hydrogens (primary N) is 1. The Balaban J connectivity index is 2.36. The van der Waals surface area contributed by atoms with Gasteiger partial charge in [-0.05, 0) is 30.3 Å². The number of sulfonamides is 1. The first kappa shape index (κ1) is 14.9. The number of rotatable bonds is 4. The van der Waals surface area contributed by atoms with Crippen LogP contribution in [-0.4, -0.2) is 14.3 Å². The standard InChI is InChI=1S/C13H12FN3O3S/c14-11-6-1-2-7-12(11)17-21(19,20)10-5-3-4-9(8-10)13(18)16-15/h1-8,17H,15H2,(H,16,18). The summed E-state index contributed by atoms with van der Waals surface area (Å²) in [4.78, 5) is 11.2. The predicted octanol–water partition coefficient (Wildman–Crippen LogP) is 1.23. The Bertz CT molecular complexity index is 778. The van der Waals surface area contributed by atoms with E-state index >= 15 is 0 Å². The van der Waals surface area contributed by atoms with Gasteiger partial charge < -0.3 is 0 Å². The van der Waals surface area contributed by atoms with Crippen LogP contribution in [0.5, 0.6) is 0 Å². The third-order valence-electron chi connectivity index (χ3n) is 2.66. The molecule has 4 N–H and O–H groups in total. The van der Waals surface area contributed by atoms with E-state index in [4.69, 9.17) is 5.84 Å². The largest absolute Gasteiger partial charge is 0.290 e. The zero-order chi connectivity index (χ0) is 15.5. The maximum Gasteiger partial charge on any atom is 0.265 e. The summed E-state index contributed by atoms with van der Waals surface area (Å²) in [6.07, 6.45) is 0. The van der Waals surface area contributed by atoms with Crippen molar-refractivity contribution in [3.8, 4) is 0 Å². The van der Waals surface area contributed by atoms with Crippen molar-refractivity contribution in [2.45, 2.75) is 4.90 Å². The number of nitrogens with one attached hydrogen (secondary N) is 2. The van der Waals surface area contributed by atoms with Gasteiger partial charge in [0.05, 0.1) is 10.6 Å². The summed E-state index contributed by atoms with van der Waals surface area (Å²) in [5.74, 6) is 3.67. The summed E-state index contributed by atoms with van der Waals surface area (Å²) < 4.78 is 40.0. The summed E-state index contributed by atoms with van der Waals surface area (Å²) in [5, 5.41) is 0. The number of hydrogen-bond acceptors (Lipinski definition) is 4. The molecule has 0 aliphatic heterocycles. The summed E-state index contributed by atoms with van der Waals surface area (Å²) in [6.45, 7) is 0. The van der Waals surface area contributed by atoms with E-state index in [1.807, 2.05) is 5.43 Å². The molecular weight excluding hydrogens is 297 g/mol. The fourth-order valence-electron chi connectivity index (χ4n) is 1.64. The van der Waals surface area contributed by atoms with Crippen LogP contribution < -0.4 is 16.0 Å². The fourth-order valence-corrected chi connectivity index (χ4v) is 2.75. The van der Waals surface area contributed by atoms with Gasteiger partial charge in [0.25, 0.3) is 15.9 Å². The first-order chi connectivity index (χ1) is 9.94. The molecular formula is C13H12FN3O3S. The van der Waals surface area contributed by atoms with Crippen LogP contribution in [0.2, 0.25) is 0 Å². The Hall–Kier alpha value is -2.45. The van der Waals surface area contributed by atoms with E-state index in [-0.39, 0.29) is 16.1 Å². The van der Waals surface area contributed by atoms with E-state index in [2.05, 4.69) is 4.72 Å². The van der Waals surface area contributed by atoms with Gasteiger partial charge in [-0.15, -0.1) is 0 Å². The smallest absolute Gasteiger partial charge is 0.265 e. The van der Waals surface area contributed by atoms with Crippen LogP contribution in [0.25, 0.3) is 0 Å². The van der Waals surface area contributed by atoms with Gasteiger partial charge in [-0.3, -0.25) is 14.9 Å². The van der Waals surface area contributed by atoms with Crippen molar-refractivity contribution in [1.82, 2.24) is 5.43 Å². The number of halogens is 1. The minimum atomic E-state index is -4.01. The van der Waals surface area contributed by atoms with Gasteiger partial charge in [-0.1, -0.05) is 18.2 Å². The van der Waals surface area contributed by atoms with E-state index < -0.39 is 21.7 Å². The van der Waals surface area contributed by atoms with Gasteiger partial charge in [0.2, 0.25) is 0 Å². The molecule has 0 bridgehead atoms. The van der Waals surface area contributed by atoms with E-state index in [0.29, 0.717) is 0 Å². The van der Waals surface area contributed by atoms with Crippen LogP contribution in [0.1, 0.15) is 10.4 Å². The van der Waals surface area contributed by atoms with Crippen molar-refractivity contribution in [2.24, 2.45) is 5.84 Å². The number of amides is 1. The second kappa shape index (κ2) is 5.90. The monoisotopic (exact) mass is 309 g/mol. The SMILES string of the molecule is NNC(=O)c1cccc(S(=O)(=O)Nc2ccccc2F)c1. The van der Waals surface area contributed by atoms with Crippen molar-refractivity contribution >= 4 is 21.6 Å². The molecule has 110 valence electrons. The van der Waals surface area contributed by atoms with Crippen LogP contribution in [0, 0.1) is 5.82 Å². The third-order valence-corrected chi connectivity index (χ3v) is 4.02. The fraction of sp³-hybridized carbons (Fsp3) is 0. The van der Waals surface area contributed by atoms with Crippen molar-refractivity contribution in [3.63, 3.8) is 0 Å². The molecule has 0 radical (unpaired) electrons. The van der Waals surface area contributed by atoms with Gasteiger partial charge in [0.15, 0.2) is 0 Å². The lowest BCUT2D eigenvalue weighted by molar-refractivity contribution is 0.0953. The van der Waals surface area contributed by atoms with E-state index in [1.54, 1.807) is 0 Å². The zero-order valence-electron chi connectivity index (χ0n) is 10.7. The topological polar surface area (TPSA) is 101 Å². The maximum absolute atomic E-state index is 13.5. The maximum atomic E-state index is 13.5. The van der Waals surface area contributed by atoms with E-state index in [9.17, 15) is 17.6 Å². The van der Waals surface area contributed by atoms with Gasteiger partial charge in [0.1, 0.15) is 5.82 Å².